The van der Waals surface area contributed by atoms with Gasteiger partial charge in [-0.05, 0) is 72.8 Å². The van der Waals surface area contributed by atoms with Crippen molar-refractivity contribution in [1.29, 1.82) is 0 Å². The fourth-order valence-corrected chi connectivity index (χ4v) is 10.3. The molecule has 0 unspecified atom stereocenters. The summed E-state index contributed by atoms with van der Waals surface area (Å²) in [5.74, 6) is 1.63. The van der Waals surface area contributed by atoms with Gasteiger partial charge >= 0.3 is 0 Å². The van der Waals surface area contributed by atoms with E-state index in [0.717, 1.165) is 88.3 Å². The van der Waals surface area contributed by atoms with Gasteiger partial charge in [-0.1, -0.05) is 133 Å². The molecule has 0 N–H and O–H groups in total. The molecule has 0 atom stereocenters. The molecule has 64 heavy (non-hydrogen) atoms. The van der Waals surface area contributed by atoms with Crippen molar-refractivity contribution >= 4 is 87.4 Å². The molecule has 0 bridgehead atoms. The van der Waals surface area contributed by atoms with Crippen molar-refractivity contribution in [2.75, 3.05) is 0 Å². The lowest BCUT2D eigenvalue weighted by Crippen LogP contribution is -2.09. The molecule has 14 aromatic rings. The Balaban J connectivity index is 1.12. The zero-order valence-corrected chi connectivity index (χ0v) is 34.2. The predicted molar refractivity (Wildman–Crippen MR) is 261 cm³/mol. The number of hydrogen-bond acceptors (Lipinski definition) is 4. The first-order valence-corrected chi connectivity index (χ1v) is 21.5. The van der Waals surface area contributed by atoms with E-state index in [2.05, 4.69) is 208 Å². The van der Waals surface area contributed by atoms with Crippen molar-refractivity contribution in [3.05, 3.63) is 206 Å². The first-order chi connectivity index (χ1) is 31.8. The topological polar surface area (TPSA) is 66.6 Å². The maximum atomic E-state index is 6.52. The normalized spacial score (nSPS) is 12.1. The van der Waals surface area contributed by atoms with Gasteiger partial charge in [0.25, 0.3) is 0 Å². The Morgan fingerprint density at radius 1 is 0.297 bits per heavy atom. The second-order valence-electron chi connectivity index (χ2n) is 16.3. The van der Waals surface area contributed by atoms with Crippen LogP contribution in [0.15, 0.2) is 211 Å². The standard InChI is InChI=1S/C57H34N6O/c1-9-25-44-35(17-1)36-18-2-10-26-45(36)61(44)49-30-14-6-22-41(49)55-58-56(42-23-7-15-31-50(42)62-46-27-11-3-19-37(46)38-20-4-12-28-47(38)62)60-57(59-55)63-48-29-13-5-21-39(48)40-33-34-52-53(54(40)63)43-24-8-16-32-51(43)64-52/h1-34H. The van der Waals surface area contributed by atoms with E-state index in [1.165, 1.54) is 21.5 Å². The molecule has 9 aromatic carbocycles. The summed E-state index contributed by atoms with van der Waals surface area (Å²) in [5, 5.41) is 9.00. The Labute approximate surface area is 365 Å². The van der Waals surface area contributed by atoms with E-state index in [4.69, 9.17) is 19.4 Å². The summed E-state index contributed by atoms with van der Waals surface area (Å²) in [4.78, 5) is 16.6. The van der Waals surface area contributed by atoms with E-state index in [9.17, 15) is 0 Å². The molecular weight excluding hydrogens is 785 g/mol. The largest absolute Gasteiger partial charge is 0.456 e. The molecule has 0 aliphatic heterocycles. The van der Waals surface area contributed by atoms with E-state index >= 15 is 0 Å². The van der Waals surface area contributed by atoms with E-state index < -0.39 is 0 Å². The van der Waals surface area contributed by atoms with Gasteiger partial charge < -0.3 is 13.6 Å². The first kappa shape index (κ1) is 34.9. The number of benzene rings is 9. The molecule has 0 aliphatic carbocycles. The number of nitrogens with zero attached hydrogens (tertiary/aromatic N) is 6. The summed E-state index contributed by atoms with van der Waals surface area (Å²) in [7, 11) is 0. The number of aromatic nitrogens is 6. The lowest BCUT2D eigenvalue weighted by atomic mass is 10.1. The SMILES string of the molecule is c1ccc(-n2c3ccccc3c3ccccc32)c(-c2nc(-c3ccccc3-n3c4ccccc4c4ccccc43)nc(-n3c4ccccc4c4ccc5oc6ccccc6c5c43)n2)c1. The van der Waals surface area contributed by atoms with Gasteiger partial charge in [0.05, 0.1) is 49.9 Å². The minimum Gasteiger partial charge on any atom is -0.456 e. The highest BCUT2D eigenvalue weighted by Gasteiger charge is 2.25. The summed E-state index contributed by atoms with van der Waals surface area (Å²) >= 11 is 0. The van der Waals surface area contributed by atoms with Gasteiger partial charge in [-0.25, -0.2) is 4.98 Å². The fraction of sp³-hybridized carbons (Fsp3) is 0. The molecule has 298 valence electrons. The summed E-state index contributed by atoms with van der Waals surface area (Å²) < 4.78 is 13.4. The van der Waals surface area contributed by atoms with Gasteiger partial charge in [-0.2, -0.15) is 9.97 Å². The monoisotopic (exact) mass is 818 g/mol. The summed E-state index contributed by atoms with van der Waals surface area (Å²) in [6.07, 6.45) is 0. The quantitative estimate of drug-likeness (QED) is 0.173. The molecule has 0 spiro atoms. The lowest BCUT2D eigenvalue weighted by molar-refractivity contribution is 0.669. The van der Waals surface area contributed by atoms with Gasteiger partial charge in [-0.3, -0.25) is 4.57 Å². The summed E-state index contributed by atoms with van der Waals surface area (Å²) in [6, 6.07) is 72.4. The number of hydrogen-bond donors (Lipinski definition) is 0. The van der Waals surface area contributed by atoms with Crippen LogP contribution in [0.4, 0.5) is 0 Å². The number of rotatable bonds is 5. The van der Waals surface area contributed by atoms with Crippen LogP contribution in [0, 0.1) is 0 Å². The van der Waals surface area contributed by atoms with Crippen molar-refractivity contribution in [1.82, 2.24) is 28.7 Å². The van der Waals surface area contributed by atoms with Gasteiger partial charge in [0.15, 0.2) is 11.6 Å². The molecule has 0 saturated heterocycles. The van der Waals surface area contributed by atoms with Crippen molar-refractivity contribution in [3.8, 4) is 40.1 Å². The van der Waals surface area contributed by atoms with Gasteiger partial charge in [0, 0.05) is 48.8 Å². The molecule has 0 radical (unpaired) electrons. The molecule has 0 fully saturated rings. The molecule has 0 saturated carbocycles. The smallest absolute Gasteiger partial charge is 0.238 e. The van der Waals surface area contributed by atoms with E-state index in [-0.39, 0.29) is 0 Å². The Kier molecular flexibility index (Phi) is 7.27. The van der Waals surface area contributed by atoms with Gasteiger partial charge in [-0.15, -0.1) is 0 Å². The van der Waals surface area contributed by atoms with Gasteiger partial charge in [0.2, 0.25) is 5.95 Å². The van der Waals surface area contributed by atoms with Crippen molar-refractivity contribution in [3.63, 3.8) is 0 Å². The first-order valence-electron chi connectivity index (χ1n) is 21.5. The van der Waals surface area contributed by atoms with Crippen LogP contribution in [0.1, 0.15) is 0 Å². The summed E-state index contributed by atoms with van der Waals surface area (Å²) in [5.41, 5.74) is 11.8. The van der Waals surface area contributed by atoms with Crippen LogP contribution < -0.4 is 0 Å². The van der Waals surface area contributed by atoms with Crippen LogP contribution in [0.3, 0.4) is 0 Å². The van der Waals surface area contributed by atoms with E-state index in [1.54, 1.807) is 0 Å². The Morgan fingerprint density at radius 2 is 0.688 bits per heavy atom. The van der Waals surface area contributed by atoms with Crippen molar-refractivity contribution in [2.24, 2.45) is 0 Å². The second kappa shape index (κ2) is 13.3. The number of para-hydroxylation sites is 8. The van der Waals surface area contributed by atoms with Crippen molar-refractivity contribution < 1.29 is 4.42 Å². The van der Waals surface area contributed by atoms with E-state index in [1.807, 2.05) is 12.1 Å². The third kappa shape index (κ3) is 4.89. The Bertz CT molecular complexity index is 3940. The molecule has 7 heteroatoms. The minimum atomic E-state index is 0.512. The lowest BCUT2D eigenvalue weighted by Gasteiger charge is -2.17. The predicted octanol–water partition coefficient (Wildman–Crippen LogP) is 14.4. The molecule has 5 heterocycles. The average molecular weight is 819 g/mol. The third-order valence-electron chi connectivity index (χ3n) is 12.9. The third-order valence-corrected chi connectivity index (χ3v) is 12.9. The van der Waals surface area contributed by atoms with Crippen LogP contribution in [0.5, 0.6) is 0 Å². The highest BCUT2D eigenvalue weighted by Crippen LogP contribution is 2.42. The maximum absolute atomic E-state index is 6.52. The van der Waals surface area contributed by atoms with E-state index in [0.29, 0.717) is 17.6 Å². The molecule has 0 aliphatic rings. The molecular formula is C57H34N6O. The number of furan rings is 1. The Morgan fingerprint density at radius 3 is 1.19 bits per heavy atom. The van der Waals surface area contributed by atoms with Crippen LogP contribution in [0.2, 0.25) is 0 Å². The fourth-order valence-electron chi connectivity index (χ4n) is 10.3. The molecule has 14 rings (SSSR count). The zero-order chi connectivity index (χ0) is 41.9. The minimum absolute atomic E-state index is 0.512. The van der Waals surface area contributed by atoms with Crippen LogP contribution in [-0.4, -0.2) is 28.7 Å². The highest BCUT2D eigenvalue weighted by atomic mass is 16.3. The molecule has 0 amide bonds. The molecule has 5 aromatic heterocycles. The molecule has 7 nitrogen and oxygen atoms in total. The average Bonchev–Trinajstić information content (AvgIpc) is 4.10. The van der Waals surface area contributed by atoms with Crippen molar-refractivity contribution in [2.45, 2.75) is 0 Å². The van der Waals surface area contributed by atoms with Crippen LogP contribution >= 0.6 is 0 Å². The summed E-state index contributed by atoms with van der Waals surface area (Å²) in [6.45, 7) is 0. The van der Waals surface area contributed by atoms with Crippen LogP contribution in [-0.2, 0) is 0 Å². The Hall–Kier alpha value is -8.81. The second-order valence-corrected chi connectivity index (χ2v) is 16.3. The zero-order valence-electron chi connectivity index (χ0n) is 34.2. The highest BCUT2D eigenvalue weighted by molar-refractivity contribution is 6.24. The number of fused-ring (bicyclic) bond motifs is 13. The van der Waals surface area contributed by atoms with Crippen LogP contribution in [0.25, 0.3) is 127 Å². The maximum Gasteiger partial charge on any atom is 0.238 e. The van der Waals surface area contributed by atoms with Gasteiger partial charge in [0.1, 0.15) is 11.2 Å².